The van der Waals surface area contributed by atoms with Crippen LogP contribution in [0.5, 0.6) is 0 Å². The molecular formula is C10H10BrClN2O3. The van der Waals surface area contributed by atoms with Crippen molar-refractivity contribution in [1.82, 2.24) is 5.32 Å². The normalized spacial score (nSPS) is 11.7. The first-order chi connectivity index (χ1) is 7.90. The molecule has 0 unspecified atom stereocenters. The lowest BCUT2D eigenvalue weighted by Crippen LogP contribution is -2.40. The van der Waals surface area contributed by atoms with Crippen molar-refractivity contribution in [3.63, 3.8) is 0 Å². The zero-order chi connectivity index (χ0) is 13.0. The predicted octanol–water partition coefficient (Wildman–Crippen LogP) is 2.70. The Kier molecular flexibility index (Phi) is 4.77. The molecule has 1 atom stereocenters. The Morgan fingerprint density at radius 1 is 1.47 bits per heavy atom. The summed E-state index contributed by atoms with van der Waals surface area (Å²) < 4.78 is 0.712. The number of hydrogen-bond acceptors (Lipinski definition) is 2. The Labute approximate surface area is 111 Å². The maximum atomic E-state index is 11.4. The molecule has 0 aromatic heterocycles. The van der Waals surface area contributed by atoms with Gasteiger partial charge in [-0.2, -0.15) is 0 Å². The monoisotopic (exact) mass is 320 g/mol. The van der Waals surface area contributed by atoms with E-state index in [4.69, 9.17) is 16.7 Å². The van der Waals surface area contributed by atoms with E-state index in [2.05, 4.69) is 26.6 Å². The summed E-state index contributed by atoms with van der Waals surface area (Å²) in [7, 11) is 0. The number of anilines is 1. The third-order valence-electron chi connectivity index (χ3n) is 1.90. The van der Waals surface area contributed by atoms with Crippen molar-refractivity contribution in [1.29, 1.82) is 0 Å². The van der Waals surface area contributed by atoms with Crippen LogP contribution in [-0.2, 0) is 4.79 Å². The SMILES string of the molecule is C[C@@H](NC(=O)Nc1ccc(Br)c(Cl)c1)C(=O)O. The largest absolute Gasteiger partial charge is 0.480 e. The van der Waals surface area contributed by atoms with Crippen molar-refractivity contribution in [2.45, 2.75) is 13.0 Å². The third kappa shape index (κ3) is 4.24. The molecule has 0 heterocycles. The highest BCUT2D eigenvalue weighted by Gasteiger charge is 2.13. The first kappa shape index (κ1) is 13.8. The van der Waals surface area contributed by atoms with Crippen LogP contribution in [0.1, 0.15) is 6.92 Å². The molecule has 0 bridgehead atoms. The summed E-state index contributed by atoms with van der Waals surface area (Å²) in [5.41, 5.74) is 0.480. The minimum Gasteiger partial charge on any atom is -0.480 e. The Balaban J connectivity index is 2.62. The molecule has 92 valence electrons. The number of halogens is 2. The first-order valence-corrected chi connectivity index (χ1v) is 5.82. The van der Waals surface area contributed by atoms with Gasteiger partial charge in [0.15, 0.2) is 0 Å². The van der Waals surface area contributed by atoms with Gasteiger partial charge < -0.3 is 15.7 Å². The molecule has 0 saturated carbocycles. The van der Waals surface area contributed by atoms with Gasteiger partial charge in [0.2, 0.25) is 0 Å². The van der Waals surface area contributed by atoms with Crippen LogP contribution >= 0.6 is 27.5 Å². The average Bonchev–Trinajstić information content (AvgIpc) is 2.23. The van der Waals surface area contributed by atoms with Crippen LogP contribution in [0.15, 0.2) is 22.7 Å². The highest BCUT2D eigenvalue weighted by atomic mass is 79.9. The Morgan fingerprint density at radius 2 is 2.12 bits per heavy atom. The minimum atomic E-state index is -1.10. The molecule has 5 nitrogen and oxygen atoms in total. The van der Waals surface area contributed by atoms with Gasteiger partial charge in [-0.1, -0.05) is 11.6 Å². The molecule has 2 amide bonds. The van der Waals surface area contributed by atoms with Gasteiger partial charge >= 0.3 is 12.0 Å². The number of rotatable bonds is 3. The Morgan fingerprint density at radius 3 is 2.65 bits per heavy atom. The first-order valence-electron chi connectivity index (χ1n) is 4.65. The molecule has 1 aromatic rings. The molecule has 7 heteroatoms. The zero-order valence-electron chi connectivity index (χ0n) is 8.83. The lowest BCUT2D eigenvalue weighted by atomic mass is 10.3. The number of aliphatic carboxylic acids is 1. The van der Waals surface area contributed by atoms with E-state index in [1.165, 1.54) is 6.92 Å². The number of urea groups is 1. The van der Waals surface area contributed by atoms with Crippen molar-refractivity contribution >= 4 is 45.2 Å². The van der Waals surface area contributed by atoms with E-state index in [1.807, 2.05) is 0 Å². The molecular weight excluding hydrogens is 311 g/mol. The number of carbonyl (C=O) groups is 2. The smallest absolute Gasteiger partial charge is 0.325 e. The maximum absolute atomic E-state index is 11.4. The number of nitrogens with one attached hydrogen (secondary N) is 2. The van der Waals surface area contributed by atoms with E-state index < -0.39 is 18.0 Å². The van der Waals surface area contributed by atoms with Gasteiger partial charge in [-0.3, -0.25) is 4.79 Å². The van der Waals surface area contributed by atoms with E-state index in [0.717, 1.165) is 0 Å². The molecule has 3 N–H and O–H groups in total. The van der Waals surface area contributed by atoms with Crippen LogP contribution in [0.4, 0.5) is 10.5 Å². The van der Waals surface area contributed by atoms with Gasteiger partial charge in [-0.25, -0.2) is 4.79 Å². The second-order valence-electron chi connectivity index (χ2n) is 3.29. The van der Waals surface area contributed by atoms with Crippen LogP contribution < -0.4 is 10.6 Å². The Hall–Kier alpha value is -1.27. The highest BCUT2D eigenvalue weighted by molar-refractivity contribution is 9.10. The molecule has 1 aromatic carbocycles. The molecule has 0 saturated heterocycles. The number of benzene rings is 1. The molecule has 0 spiro atoms. The van der Waals surface area contributed by atoms with E-state index >= 15 is 0 Å². The van der Waals surface area contributed by atoms with Crippen molar-refractivity contribution in [2.24, 2.45) is 0 Å². The van der Waals surface area contributed by atoms with Crippen LogP contribution in [0.25, 0.3) is 0 Å². The fourth-order valence-electron chi connectivity index (χ4n) is 0.999. The standard InChI is InChI=1S/C10H10BrClN2O3/c1-5(9(15)16)13-10(17)14-6-2-3-7(11)8(12)4-6/h2-5H,1H3,(H,15,16)(H2,13,14,17)/t5-/m1/s1. The summed E-state index contributed by atoms with van der Waals surface area (Å²) in [6.07, 6.45) is 0. The van der Waals surface area contributed by atoms with Crippen molar-refractivity contribution in [3.8, 4) is 0 Å². The zero-order valence-corrected chi connectivity index (χ0v) is 11.2. The third-order valence-corrected chi connectivity index (χ3v) is 3.13. The Bertz CT molecular complexity index is 453. The molecule has 0 aliphatic rings. The lowest BCUT2D eigenvalue weighted by molar-refractivity contribution is -0.138. The van der Waals surface area contributed by atoms with Crippen molar-refractivity contribution < 1.29 is 14.7 Å². The molecule has 0 radical (unpaired) electrons. The number of carboxylic acids is 1. The minimum absolute atomic E-state index is 0.453. The molecule has 0 aliphatic carbocycles. The number of carbonyl (C=O) groups excluding carboxylic acids is 1. The van der Waals surface area contributed by atoms with E-state index in [0.29, 0.717) is 15.2 Å². The molecule has 1 rings (SSSR count). The average molecular weight is 322 g/mol. The van der Waals surface area contributed by atoms with E-state index in [1.54, 1.807) is 18.2 Å². The van der Waals surface area contributed by atoms with Crippen LogP contribution in [0.3, 0.4) is 0 Å². The summed E-state index contributed by atoms with van der Waals surface area (Å²) in [6.45, 7) is 1.37. The summed E-state index contributed by atoms with van der Waals surface area (Å²) in [6, 6.07) is 3.31. The van der Waals surface area contributed by atoms with Gasteiger partial charge in [0.1, 0.15) is 6.04 Å². The second-order valence-corrected chi connectivity index (χ2v) is 4.55. The fraction of sp³-hybridized carbons (Fsp3) is 0.200. The van der Waals surface area contributed by atoms with Gasteiger partial charge in [-0.15, -0.1) is 0 Å². The van der Waals surface area contributed by atoms with Crippen LogP contribution in [0, 0.1) is 0 Å². The van der Waals surface area contributed by atoms with Crippen molar-refractivity contribution in [2.75, 3.05) is 5.32 Å². The van der Waals surface area contributed by atoms with Gasteiger partial charge in [-0.05, 0) is 41.1 Å². The van der Waals surface area contributed by atoms with E-state index in [-0.39, 0.29) is 0 Å². The maximum Gasteiger partial charge on any atom is 0.325 e. The predicted molar refractivity (Wildman–Crippen MR) is 68.4 cm³/mol. The summed E-state index contributed by atoms with van der Waals surface area (Å²) >= 11 is 9.06. The quantitative estimate of drug-likeness (QED) is 0.801. The summed E-state index contributed by atoms with van der Waals surface area (Å²) in [5.74, 6) is -1.10. The lowest BCUT2D eigenvalue weighted by Gasteiger charge is -2.11. The highest BCUT2D eigenvalue weighted by Crippen LogP contribution is 2.25. The molecule has 0 fully saturated rings. The van der Waals surface area contributed by atoms with Gasteiger partial charge in [0.05, 0.1) is 5.02 Å². The number of carboxylic acid groups (broad SMARTS) is 1. The second kappa shape index (κ2) is 5.88. The van der Waals surface area contributed by atoms with E-state index in [9.17, 15) is 9.59 Å². The topological polar surface area (TPSA) is 78.4 Å². The summed E-state index contributed by atoms with van der Waals surface area (Å²) in [4.78, 5) is 21.9. The molecule has 17 heavy (non-hydrogen) atoms. The fourth-order valence-corrected chi connectivity index (χ4v) is 1.43. The number of hydrogen-bond donors (Lipinski definition) is 3. The van der Waals surface area contributed by atoms with Gasteiger partial charge in [0.25, 0.3) is 0 Å². The summed E-state index contributed by atoms with van der Waals surface area (Å²) in [5, 5.41) is 13.8. The number of amides is 2. The van der Waals surface area contributed by atoms with Crippen LogP contribution in [0.2, 0.25) is 5.02 Å². The molecule has 0 aliphatic heterocycles. The van der Waals surface area contributed by atoms with Crippen molar-refractivity contribution in [3.05, 3.63) is 27.7 Å². The van der Waals surface area contributed by atoms with Crippen LogP contribution in [-0.4, -0.2) is 23.1 Å². The van der Waals surface area contributed by atoms with Gasteiger partial charge in [0, 0.05) is 10.2 Å².